The molecule has 14 heteroatoms. The predicted molar refractivity (Wildman–Crippen MR) is 162 cm³/mol. The number of anilines is 2. The number of alkyl halides is 2. The maximum absolute atomic E-state index is 15.7. The number of ether oxygens (including phenoxy) is 2. The average molecular weight is 664 g/mol. The maximum atomic E-state index is 15.7. The molecule has 0 aliphatic heterocycles. The molecule has 0 radical (unpaired) electrons. The van der Waals surface area contributed by atoms with Crippen molar-refractivity contribution >= 4 is 67.0 Å². The molecule has 1 heterocycles. The standard InChI is InChI=1S/C27H30Cl3FN4O4S2/c1-34(2)23-11-18-17(27(18,29)30)10-22(23)33-21-13-20(31)25(12-19(21)28)41(36,37)35(26-32-7-8-40-26)14-15-5-6-16(38-3)9-24(15)39-4/h5-9,12-13,17-18,22-23,33H,10-11,14H2,1-4H3/t17?,18-,22-,23-/m0/s1. The van der Waals surface area contributed by atoms with Gasteiger partial charge < -0.3 is 19.7 Å². The molecule has 2 aliphatic rings. The average Bonchev–Trinajstić information content (AvgIpc) is 3.24. The quantitative estimate of drug-likeness (QED) is 0.256. The van der Waals surface area contributed by atoms with Crippen LogP contribution in [0.15, 0.2) is 46.8 Å². The van der Waals surface area contributed by atoms with E-state index in [1.54, 1.807) is 23.6 Å². The molecule has 8 nitrogen and oxygen atoms in total. The van der Waals surface area contributed by atoms with Gasteiger partial charge in [0.15, 0.2) is 5.13 Å². The number of nitrogens with one attached hydrogen (secondary N) is 1. The molecule has 2 aliphatic carbocycles. The minimum absolute atomic E-state index is 0.0736. The lowest BCUT2D eigenvalue weighted by molar-refractivity contribution is 0.204. The molecule has 0 spiro atoms. The van der Waals surface area contributed by atoms with Gasteiger partial charge in [-0.05, 0) is 63.0 Å². The molecule has 1 aromatic heterocycles. The number of fused-ring (bicyclic) bond motifs is 1. The van der Waals surface area contributed by atoms with Crippen LogP contribution >= 0.6 is 46.1 Å². The van der Waals surface area contributed by atoms with Crippen molar-refractivity contribution in [1.29, 1.82) is 0 Å². The first-order valence-electron chi connectivity index (χ1n) is 12.8. The summed E-state index contributed by atoms with van der Waals surface area (Å²) in [5.74, 6) is 0.356. The minimum atomic E-state index is -4.44. The van der Waals surface area contributed by atoms with Gasteiger partial charge in [-0.2, -0.15) is 0 Å². The molecule has 0 saturated heterocycles. The molecule has 2 fully saturated rings. The third kappa shape index (κ3) is 5.81. The predicted octanol–water partition coefficient (Wildman–Crippen LogP) is 6.27. The Morgan fingerprint density at radius 3 is 2.51 bits per heavy atom. The summed E-state index contributed by atoms with van der Waals surface area (Å²) in [6.07, 6.45) is 2.95. The summed E-state index contributed by atoms with van der Waals surface area (Å²) in [7, 11) is 2.49. The number of rotatable bonds is 10. The zero-order valence-corrected chi connectivity index (χ0v) is 26.7. The van der Waals surface area contributed by atoms with Gasteiger partial charge in [0, 0.05) is 35.3 Å². The summed E-state index contributed by atoms with van der Waals surface area (Å²) in [6.45, 7) is -0.159. The third-order valence-corrected chi connectivity index (χ3v) is 12.0. The number of hydrogen-bond acceptors (Lipinski definition) is 8. The van der Waals surface area contributed by atoms with Crippen LogP contribution in [0.2, 0.25) is 5.02 Å². The smallest absolute Gasteiger partial charge is 0.269 e. The summed E-state index contributed by atoms with van der Waals surface area (Å²) in [5.41, 5.74) is 0.836. The van der Waals surface area contributed by atoms with E-state index in [1.165, 1.54) is 20.4 Å². The van der Waals surface area contributed by atoms with Crippen molar-refractivity contribution in [3.8, 4) is 11.5 Å². The molecular formula is C27H30Cl3FN4O4S2. The molecule has 41 heavy (non-hydrogen) atoms. The van der Waals surface area contributed by atoms with Crippen LogP contribution in [0.5, 0.6) is 11.5 Å². The first-order valence-corrected chi connectivity index (χ1v) is 16.3. The largest absolute Gasteiger partial charge is 0.497 e. The van der Waals surface area contributed by atoms with Crippen molar-refractivity contribution in [2.45, 2.75) is 40.7 Å². The van der Waals surface area contributed by atoms with E-state index in [0.29, 0.717) is 29.2 Å². The van der Waals surface area contributed by atoms with Crippen LogP contribution in [-0.2, 0) is 16.6 Å². The fourth-order valence-corrected chi connectivity index (χ4v) is 9.04. The number of methoxy groups -OCH3 is 2. The van der Waals surface area contributed by atoms with Crippen molar-refractivity contribution in [3.05, 3.63) is 58.3 Å². The number of sulfonamides is 1. The Morgan fingerprint density at radius 2 is 1.88 bits per heavy atom. The van der Waals surface area contributed by atoms with E-state index < -0.39 is 25.1 Å². The number of halogens is 4. The minimum Gasteiger partial charge on any atom is -0.497 e. The van der Waals surface area contributed by atoms with E-state index in [-0.39, 0.29) is 40.6 Å². The Kier molecular flexibility index (Phi) is 8.59. The van der Waals surface area contributed by atoms with Crippen LogP contribution in [-0.4, -0.2) is 63.0 Å². The first kappa shape index (κ1) is 30.4. The summed E-state index contributed by atoms with van der Waals surface area (Å²) in [4.78, 5) is 5.71. The Hall–Kier alpha value is -2.02. The zero-order valence-electron chi connectivity index (χ0n) is 22.8. The molecule has 1 N–H and O–H groups in total. The van der Waals surface area contributed by atoms with Gasteiger partial charge in [0.2, 0.25) is 0 Å². The van der Waals surface area contributed by atoms with Gasteiger partial charge in [-0.25, -0.2) is 22.1 Å². The molecule has 3 aromatic rings. The highest BCUT2D eigenvalue weighted by atomic mass is 35.5. The topological polar surface area (TPSA) is 84.0 Å². The highest BCUT2D eigenvalue weighted by Crippen LogP contribution is 2.65. The van der Waals surface area contributed by atoms with Crippen LogP contribution in [0.1, 0.15) is 18.4 Å². The first-order chi connectivity index (χ1) is 19.4. The lowest BCUT2D eigenvalue weighted by Crippen LogP contribution is -2.46. The number of hydrogen-bond donors (Lipinski definition) is 1. The molecule has 0 amide bonds. The summed E-state index contributed by atoms with van der Waals surface area (Å²) in [6, 6.07) is 7.27. The summed E-state index contributed by atoms with van der Waals surface area (Å²) in [5, 5.41) is 5.23. The number of likely N-dealkylation sites (N-methyl/N-ethyl adjacent to an activating group) is 1. The normalized spacial score (nSPS) is 23.1. The van der Waals surface area contributed by atoms with E-state index in [0.717, 1.165) is 34.2 Å². The molecule has 2 aromatic carbocycles. The highest BCUT2D eigenvalue weighted by Gasteiger charge is 2.66. The van der Waals surface area contributed by atoms with E-state index in [4.69, 9.17) is 44.3 Å². The Labute approximate surface area is 258 Å². The molecule has 1 unspecified atom stereocenters. The number of nitrogens with zero attached hydrogens (tertiary/aromatic N) is 3. The van der Waals surface area contributed by atoms with Gasteiger partial charge in [-0.1, -0.05) is 11.6 Å². The fourth-order valence-electron chi connectivity index (χ4n) is 5.57. The molecule has 0 bridgehead atoms. The van der Waals surface area contributed by atoms with E-state index >= 15 is 4.39 Å². The van der Waals surface area contributed by atoms with Crippen LogP contribution < -0.4 is 19.1 Å². The highest BCUT2D eigenvalue weighted by molar-refractivity contribution is 7.93. The molecule has 222 valence electrons. The lowest BCUT2D eigenvalue weighted by Gasteiger charge is -2.36. The van der Waals surface area contributed by atoms with Gasteiger partial charge in [-0.3, -0.25) is 0 Å². The maximum Gasteiger partial charge on any atom is 0.269 e. The van der Waals surface area contributed by atoms with Gasteiger partial charge in [-0.15, -0.1) is 34.5 Å². The van der Waals surface area contributed by atoms with E-state index in [1.807, 2.05) is 14.1 Å². The van der Waals surface area contributed by atoms with Crippen molar-refractivity contribution in [2.75, 3.05) is 37.9 Å². The summed E-state index contributed by atoms with van der Waals surface area (Å²) < 4.78 is 54.6. The van der Waals surface area contributed by atoms with Crippen molar-refractivity contribution in [1.82, 2.24) is 9.88 Å². The molecule has 2 saturated carbocycles. The van der Waals surface area contributed by atoms with Crippen molar-refractivity contribution in [3.63, 3.8) is 0 Å². The summed E-state index contributed by atoms with van der Waals surface area (Å²) >= 11 is 20.7. The van der Waals surface area contributed by atoms with Gasteiger partial charge in [0.1, 0.15) is 26.5 Å². The number of benzene rings is 2. The zero-order chi connectivity index (χ0) is 29.7. The third-order valence-electron chi connectivity index (χ3n) is 7.87. The Bertz CT molecular complexity index is 1520. The van der Waals surface area contributed by atoms with Gasteiger partial charge in [0.25, 0.3) is 10.0 Å². The van der Waals surface area contributed by atoms with Gasteiger partial charge >= 0.3 is 0 Å². The second-order valence-electron chi connectivity index (χ2n) is 10.4. The SMILES string of the molecule is COc1ccc(CN(c2nccs2)S(=O)(=O)c2cc(Cl)c(N[C@H]3CC4[C@H](C[C@@H]3N(C)C)C4(Cl)Cl)cc2F)c(OC)c1. The van der Waals surface area contributed by atoms with E-state index in [9.17, 15) is 8.42 Å². The molecule has 5 rings (SSSR count). The van der Waals surface area contributed by atoms with Crippen LogP contribution in [0.3, 0.4) is 0 Å². The van der Waals surface area contributed by atoms with Crippen LogP contribution in [0.4, 0.5) is 15.2 Å². The Morgan fingerprint density at radius 1 is 1.15 bits per heavy atom. The van der Waals surface area contributed by atoms with Crippen LogP contribution in [0, 0.1) is 17.7 Å². The monoisotopic (exact) mass is 662 g/mol. The Balaban J connectivity index is 1.46. The number of aromatic nitrogens is 1. The molecular weight excluding hydrogens is 634 g/mol. The second kappa shape index (κ2) is 11.6. The fraction of sp³-hybridized carbons (Fsp3) is 0.444. The second-order valence-corrected chi connectivity index (χ2v) is 15.0. The van der Waals surface area contributed by atoms with Crippen LogP contribution in [0.25, 0.3) is 0 Å². The van der Waals surface area contributed by atoms with Crippen molar-refractivity contribution in [2.24, 2.45) is 11.8 Å². The van der Waals surface area contributed by atoms with E-state index in [2.05, 4.69) is 15.2 Å². The molecule has 4 atom stereocenters. The van der Waals surface area contributed by atoms with Crippen molar-refractivity contribution < 1.29 is 22.3 Å². The lowest BCUT2D eigenvalue weighted by atomic mass is 9.89. The van der Waals surface area contributed by atoms with Gasteiger partial charge in [0.05, 0.1) is 31.5 Å². The number of thiazole rings is 1.